The van der Waals surface area contributed by atoms with Crippen molar-refractivity contribution in [2.45, 2.75) is 47.0 Å². The van der Waals surface area contributed by atoms with E-state index in [1.807, 2.05) is 27.0 Å². The number of aliphatic imine (C=N–C) groups is 2. The molecule has 1 aromatic rings. The third-order valence-corrected chi connectivity index (χ3v) is 3.92. The zero-order valence-corrected chi connectivity index (χ0v) is 15.0. The van der Waals surface area contributed by atoms with E-state index in [-0.39, 0.29) is 0 Å². The van der Waals surface area contributed by atoms with E-state index in [4.69, 9.17) is 4.98 Å². The standard InChI is InChI=1S/C18H23B2N4/c1-12(2)22-9-15(21-5)8-16-10-23-14(4)18(24-16)7-6-17-13(3)19-11-20-17/h9-11H,5-8H2,1-4H3/b15-9-. The zero-order chi connectivity index (χ0) is 17.5. The van der Waals surface area contributed by atoms with Crippen LogP contribution in [0, 0.1) is 6.92 Å². The number of allylic oxidation sites excluding steroid dienone is 3. The molecule has 4 nitrogen and oxygen atoms in total. The van der Waals surface area contributed by atoms with E-state index in [2.05, 4.69) is 48.7 Å². The molecule has 0 aromatic carbocycles. The van der Waals surface area contributed by atoms with Gasteiger partial charge in [0.15, 0.2) is 0 Å². The SMILES string of the molecule is C=N/C(=C\N=C(C)C)Cc1cnc(C)c(CCC2=C(C)B=C[B]2)n1. The Morgan fingerprint density at radius 3 is 2.71 bits per heavy atom. The van der Waals surface area contributed by atoms with Gasteiger partial charge in [0.1, 0.15) is 0 Å². The molecule has 2 heterocycles. The second-order valence-electron chi connectivity index (χ2n) is 6.16. The fourth-order valence-corrected chi connectivity index (χ4v) is 2.46. The monoisotopic (exact) mass is 317 g/mol. The molecule has 0 N–H and O–H groups in total. The van der Waals surface area contributed by atoms with E-state index in [0.29, 0.717) is 6.42 Å². The molecule has 0 bridgehead atoms. The van der Waals surface area contributed by atoms with Crippen molar-refractivity contribution in [3.8, 4) is 0 Å². The van der Waals surface area contributed by atoms with Crippen LogP contribution in [0.3, 0.4) is 0 Å². The molecule has 24 heavy (non-hydrogen) atoms. The van der Waals surface area contributed by atoms with E-state index >= 15 is 0 Å². The van der Waals surface area contributed by atoms with Gasteiger partial charge in [0.2, 0.25) is 0 Å². The Balaban J connectivity index is 2.10. The van der Waals surface area contributed by atoms with Crippen LogP contribution in [0.1, 0.15) is 44.3 Å². The Morgan fingerprint density at radius 1 is 1.29 bits per heavy atom. The number of hydrogen-bond acceptors (Lipinski definition) is 4. The molecule has 121 valence electrons. The van der Waals surface area contributed by atoms with Crippen LogP contribution in [-0.4, -0.2) is 42.5 Å². The molecular weight excluding hydrogens is 294 g/mol. The molecule has 1 aliphatic heterocycles. The average Bonchev–Trinajstić information content (AvgIpc) is 2.96. The third-order valence-electron chi connectivity index (χ3n) is 3.92. The van der Waals surface area contributed by atoms with Crippen molar-refractivity contribution >= 4 is 32.5 Å². The fraction of sp³-hybridized carbons (Fsp3) is 0.389. The first-order chi connectivity index (χ1) is 11.5. The van der Waals surface area contributed by atoms with Gasteiger partial charge in [-0.1, -0.05) is 0 Å². The van der Waals surface area contributed by atoms with Gasteiger partial charge < -0.3 is 0 Å². The van der Waals surface area contributed by atoms with Gasteiger partial charge in [-0.3, -0.25) is 0 Å². The molecule has 6 heteroatoms. The van der Waals surface area contributed by atoms with Crippen LogP contribution in [0.2, 0.25) is 0 Å². The van der Waals surface area contributed by atoms with Gasteiger partial charge in [-0.05, 0) is 13.8 Å². The summed E-state index contributed by atoms with van der Waals surface area (Å²) in [4.78, 5) is 17.6. The van der Waals surface area contributed by atoms with Crippen LogP contribution < -0.4 is 0 Å². The number of aromatic nitrogens is 2. The summed E-state index contributed by atoms with van der Waals surface area (Å²) in [6, 6.07) is 0. The van der Waals surface area contributed by atoms with Gasteiger partial charge in [0, 0.05) is 0 Å². The number of rotatable bonds is 7. The first kappa shape index (κ1) is 18.2. The summed E-state index contributed by atoms with van der Waals surface area (Å²) in [6.07, 6.45) is 6.03. The second kappa shape index (κ2) is 8.67. The molecule has 0 atom stereocenters. The Labute approximate surface area is 146 Å². The van der Waals surface area contributed by atoms with E-state index in [1.165, 1.54) is 10.9 Å². The van der Waals surface area contributed by atoms with E-state index in [0.717, 1.165) is 41.3 Å². The predicted molar refractivity (Wildman–Crippen MR) is 105 cm³/mol. The summed E-state index contributed by atoms with van der Waals surface area (Å²) in [5.74, 6) is 2.10. The summed E-state index contributed by atoms with van der Waals surface area (Å²) < 4.78 is 0. The molecule has 0 spiro atoms. The minimum atomic E-state index is 0.593. The zero-order valence-electron chi connectivity index (χ0n) is 15.0. The third kappa shape index (κ3) is 5.22. The van der Waals surface area contributed by atoms with Crippen LogP contribution >= 0.6 is 0 Å². The van der Waals surface area contributed by atoms with Crippen LogP contribution in [0.4, 0.5) is 0 Å². The summed E-state index contributed by atoms with van der Waals surface area (Å²) in [7, 11) is 2.18. The summed E-state index contributed by atoms with van der Waals surface area (Å²) in [6.45, 7) is 13.8. The summed E-state index contributed by atoms with van der Waals surface area (Å²) in [5.41, 5.74) is 7.43. The van der Waals surface area contributed by atoms with Gasteiger partial charge in [-0.2, -0.15) is 0 Å². The molecule has 2 rings (SSSR count). The van der Waals surface area contributed by atoms with Crippen LogP contribution in [0.5, 0.6) is 0 Å². The topological polar surface area (TPSA) is 50.5 Å². The molecule has 1 aromatic heterocycles. The number of hydrogen-bond donors (Lipinski definition) is 0. The van der Waals surface area contributed by atoms with Crippen molar-refractivity contribution in [1.29, 1.82) is 0 Å². The molecule has 0 amide bonds. The minimum absolute atomic E-state index is 0.593. The van der Waals surface area contributed by atoms with Crippen LogP contribution in [0.25, 0.3) is 0 Å². The quantitative estimate of drug-likeness (QED) is 0.573. The van der Waals surface area contributed by atoms with Crippen molar-refractivity contribution in [2.24, 2.45) is 9.98 Å². The van der Waals surface area contributed by atoms with Gasteiger partial charge >= 0.3 is 132 Å². The number of nitrogens with zero attached hydrogens (tertiary/aromatic N) is 4. The molecule has 0 aliphatic carbocycles. The summed E-state index contributed by atoms with van der Waals surface area (Å²) >= 11 is 0. The predicted octanol–water partition coefficient (Wildman–Crippen LogP) is 2.70. The van der Waals surface area contributed by atoms with Crippen molar-refractivity contribution in [2.75, 3.05) is 0 Å². The van der Waals surface area contributed by atoms with E-state index in [1.54, 1.807) is 6.20 Å². The molecule has 0 fully saturated rings. The van der Waals surface area contributed by atoms with Gasteiger partial charge in [0.05, 0.1) is 0 Å². The first-order valence-corrected chi connectivity index (χ1v) is 8.19. The summed E-state index contributed by atoms with van der Waals surface area (Å²) in [5, 5.41) is 0. The maximum atomic E-state index is 4.78. The normalized spacial score (nSPS) is 13.6. The van der Waals surface area contributed by atoms with Crippen molar-refractivity contribution < 1.29 is 0 Å². The van der Waals surface area contributed by atoms with Crippen LogP contribution in [-0.2, 0) is 12.8 Å². The van der Waals surface area contributed by atoms with E-state index in [9.17, 15) is 0 Å². The Bertz CT molecular complexity index is 741. The van der Waals surface area contributed by atoms with Crippen molar-refractivity contribution in [3.05, 3.63) is 46.1 Å². The Kier molecular flexibility index (Phi) is 6.59. The molecule has 1 radical (unpaired) electrons. The van der Waals surface area contributed by atoms with Crippen molar-refractivity contribution in [1.82, 2.24) is 9.97 Å². The number of aryl methyl sites for hydroxylation is 2. The van der Waals surface area contributed by atoms with Gasteiger partial charge in [0.25, 0.3) is 0 Å². The fourth-order valence-electron chi connectivity index (χ4n) is 2.46. The molecule has 0 unspecified atom stereocenters. The van der Waals surface area contributed by atoms with Crippen LogP contribution in [0.15, 0.2) is 39.0 Å². The van der Waals surface area contributed by atoms with Crippen molar-refractivity contribution in [3.63, 3.8) is 0 Å². The molecular formula is C18H23B2N4. The molecule has 0 saturated carbocycles. The van der Waals surface area contributed by atoms with Gasteiger partial charge in [-0.15, -0.1) is 0 Å². The Morgan fingerprint density at radius 2 is 2.08 bits per heavy atom. The first-order valence-electron chi connectivity index (χ1n) is 8.19. The maximum absolute atomic E-state index is 4.78. The van der Waals surface area contributed by atoms with E-state index < -0.39 is 0 Å². The van der Waals surface area contributed by atoms with Gasteiger partial charge in [-0.25, -0.2) is 0 Å². The molecule has 1 aliphatic rings. The average molecular weight is 317 g/mol. The molecule has 0 saturated heterocycles. The Hall–Kier alpha value is -2.10. The second-order valence-corrected chi connectivity index (χ2v) is 6.16.